The van der Waals surface area contributed by atoms with Crippen molar-refractivity contribution in [3.63, 3.8) is 0 Å². The SMILES string of the molecule is Br/C(=C\C#Cc1ccccc1)c1ccccc1. The van der Waals surface area contributed by atoms with Crippen LogP contribution in [0.3, 0.4) is 0 Å². The van der Waals surface area contributed by atoms with E-state index in [9.17, 15) is 0 Å². The maximum absolute atomic E-state index is 3.52. The van der Waals surface area contributed by atoms with Gasteiger partial charge in [-0.2, -0.15) is 0 Å². The summed E-state index contributed by atoms with van der Waals surface area (Å²) in [5, 5.41) is 0. The van der Waals surface area contributed by atoms with Crippen molar-refractivity contribution < 1.29 is 0 Å². The minimum atomic E-state index is 1.00. The fourth-order valence-corrected chi connectivity index (χ4v) is 1.76. The number of allylic oxidation sites excluding steroid dienone is 1. The standard InChI is InChI=1S/C16H11Br/c17-16(15-11-5-2-6-12-15)13-7-10-14-8-3-1-4-9-14/h1-6,8-9,11-13H/b16-13-. The molecule has 0 spiro atoms. The summed E-state index contributed by atoms with van der Waals surface area (Å²) >= 11 is 3.52. The number of rotatable bonds is 1. The first-order valence-corrected chi connectivity index (χ1v) is 6.13. The normalized spacial score (nSPS) is 10.5. The highest BCUT2D eigenvalue weighted by atomic mass is 79.9. The van der Waals surface area contributed by atoms with Gasteiger partial charge in [0.15, 0.2) is 0 Å². The monoisotopic (exact) mass is 282 g/mol. The second kappa shape index (κ2) is 6.08. The van der Waals surface area contributed by atoms with Crippen molar-refractivity contribution >= 4 is 20.4 Å². The zero-order chi connectivity index (χ0) is 11.9. The van der Waals surface area contributed by atoms with E-state index in [-0.39, 0.29) is 0 Å². The molecule has 2 aromatic rings. The smallest absolute Gasteiger partial charge is 0.0331 e. The first kappa shape index (κ1) is 11.7. The van der Waals surface area contributed by atoms with Crippen molar-refractivity contribution in [2.75, 3.05) is 0 Å². The van der Waals surface area contributed by atoms with Crippen LogP contribution in [-0.2, 0) is 0 Å². The van der Waals surface area contributed by atoms with Crippen molar-refractivity contribution in [2.24, 2.45) is 0 Å². The maximum Gasteiger partial charge on any atom is 0.0331 e. The first-order valence-electron chi connectivity index (χ1n) is 5.34. The van der Waals surface area contributed by atoms with Crippen molar-refractivity contribution in [3.05, 3.63) is 77.9 Å². The summed E-state index contributed by atoms with van der Waals surface area (Å²) in [6.45, 7) is 0. The van der Waals surface area contributed by atoms with Crippen LogP contribution in [0.15, 0.2) is 66.7 Å². The van der Waals surface area contributed by atoms with E-state index in [1.807, 2.05) is 66.7 Å². The Hall–Kier alpha value is -1.78. The molecule has 2 aromatic carbocycles. The molecule has 0 nitrogen and oxygen atoms in total. The van der Waals surface area contributed by atoms with E-state index in [0.29, 0.717) is 0 Å². The molecule has 82 valence electrons. The predicted molar refractivity (Wildman–Crippen MR) is 76.7 cm³/mol. The van der Waals surface area contributed by atoms with E-state index in [1.54, 1.807) is 0 Å². The Morgan fingerprint density at radius 1 is 0.882 bits per heavy atom. The fourth-order valence-electron chi connectivity index (χ4n) is 1.38. The van der Waals surface area contributed by atoms with Crippen LogP contribution in [-0.4, -0.2) is 0 Å². The molecule has 0 radical (unpaired) electrons. The van der Waals surface area contributed by atoms with E-state index < -0.39 is 0 Å². The highest BCUT2D eigenvalue weighted by molar-refractivity contribution is 9.15. The molecule has 0 aliphatic rings. The van der Waals surface area contributed by atoms with Gasteiger partial charge in [0.05, 0.1) is 0 Å². The molecule has 0 atom stereocenters. The molecular weight excluding hydrogens is 272 g/mol. The van der Waals surface area contributed by atoms with Gasteiger partial charge in [0.1, 0.15) is 0 Å². The van der Waals surface area contributed by atoms with Gasteiger partial charge in [-0.05, 0) is 33.6 Å². The lowest BCUT2D eigenvalue weighted by Gasteiger charge is -1.95. The largest absolute Gasteiger partial charge is 0.0684 e. The van der Waals surface area contributed by atoms with Crippen molar-refractivity contribution in [1.82, 2.24) is 0 Å². The second-order valence-corrected chi connectivity index (χ2v) is 4.35. The molecule has 0 aromatic heterocycles. The Morgan fingerprint density at radius 3 is 2.12 bits per heavy atom. The van der Waals surface area contributed by atoms with Crippen LogP contribution in [0.1, 0.15) is 11.1 Å². The van der Waals surface area contributed by atoms with Gasteiger partial charge < -0.3 is 0 Å². The molecule has 0 saturated carbocycles. The van der Waals surface area contributed by atoms with Gasteiger partial charge in [0, 0.05) is 16.1 Å². The van der Waals surface area contributed by atoms with Crippen molar-refractivity contribution in [2.45, 2.75) is 0 Å². The van der Waals surface area contributed by atoms with Crippen molar-refractivity contribution in [1.29, 1.82) is 0 Å². The molecule has 0 bridgehead atoms. The summed E-state index contributed by atoms with van der Waals surface area (Å²) in [4.78, 5) is 0. The summed E-state index contributed by atoms with van der Waals surface area (Å²) in [7, 11) is 0. The summed E-state index contributed by atoms with van der Waals surface area (Å²) in [6, 6.07) is 20.1. The Labute approximate surface area is 110 Å². The van der Waals surface area contributed by atoms with Crippen LogP contribution >= 0.6 is 15.9 Å². The predicted octanol–water partition coefficient (Wildman–Crippen LogP) is 4.47. The van der Waals surface area contributed by atoms with Gasteiger partial charge in [-0.1, -0.05) is 60.4 Å². The molecule has 0 saturated heterocycles. The highest BCUT2D eigenvalue weighted by Gasteiger charge is 1.92. The van der Waals surface area contributed by atoms with Gasteiger partial charge in [-0.3, -0.25) is 0 Å². The van der Waals surface area contributed by atoms with Crippen LogP contribution < -0.4 is 0 Å². The quantitative estimate of drug-likeness (QED) is 0.677. The molecule has 0 N–H and O–H groups in total. The highest BCUT2D eigenvalue weighted by Crippen LogP contribution is 2.19. The van der Waals surface area contributed by atoms with Gasteiger partial charge in [-0.25, -0.2) is 0 Å². The molecule has 0 heterocycles. The Balaban J connectivity index is 2.15. The van der Waals surface area contributed by atoms with Gasteiger partial charge >= 0.3 is 0 Å². The number of halogens is 1. The lowest BCUT2D eigenvalue weighted by Crippen LogP contribution is -1.74. The third-order valence-corrected chi connectivity index (χ3v) is 2.93. The second-order valence-electron chi connectivity index (χ2n) is 3.49. The topological polar surface area (TPSA) is 0 Å². The Bertz CT molecular complexity index is 557. The third kappa shape index (κ3) is 3.62. The molecule has 0 fully saturated rings. The molecule has 0 amide bonds. The van der Waals surface area contributed by atoms with Gasteiger partial charge in [-0.15, -0.1) is 0 Å². The molecule has 2 rings (SSSR count). The number of hydrogen-bond donors (Lipinski definition) is 0. The van der Waals surface area contributed by atoms with Crippen LogP contribution in [0.5, 0.6) is 0 Å². The third-order valence-electron chi connectivity index (χ3n) is 2.24. The lowest BCUT2D eigenvalue weighted by atomic mass is 10.2. The summed E-state index contributed by atoms with van der Waals surface area (Å²) in [5.74, 6) is 6.13. The van der Waals surface area contributed by atoms with Gasteiger partial charge in [0.25, 0.3) is 0 Å². The van der Waals surface area contributed by atoms with E-state index in [4.69, 9.17) is 0 Å². The lowest BCUT2D eigenvalue weighted by molar-refractivity contribution is 1.65. The van der Waals surface area contributed by atoms with Crippen LogP contribution in [0, 0.1) is 11.8 Å². The molecule has 0 unspecified atom stereocenters. The minimum absolute atomic E-state index is 1.00. The van der Waals surface area contributed by atoms with Crippen molar-refractivity contribution in [3.8, 4) is 11.8 Å². The minimum Gasteiger partial charge on any atom is -0.0684 e. The first-order chi connectivity index (χ1) is 8.36. The summed E-state index contributed by atoms with van der Waals surface area (Å²) in [5.41, 5.74) is 2.16. The van der Waals surface area contributed by atoms with Crippen LogP contribution in [0.2, 0.25) is 0 Å². The summed E-state index contributed by atoms with van der Waals surface area (Å²) in [6.07, 6.45) is 1.88. The Kier molecular flexibility index (Phi) is 4.18. The van der Waals surface area contributed by atoms with Crippen LogP contribution in [0.25, 0.3) is 4.48 Å². The average molecular weight is 283 g/mol. The zero-order valence-corrected chi connectivity index (χ0v) is 10.8. The van der Waals surface area contributed by atoms with E-state index >= 15 is 0 Å². The Morgan fingerprint density at radius 2 is 1.47 bits per heavy atom. The summed E-state index contributed by atoms with van der Waals surface area (Å²) < 4.78 is 1.00. The average Bonchev–Trinajstić information content (AvgIpc) is 2.41. The number of hydrogen-bond acceptors (Lipinski definition) is 0. The van der Waals surface area contributed by atoms with E-state index in [1.165, 1.54) is 0 Å². The maximum atomic E-state index is 3.52. The zero-order valence-electron chi connectivity index (χ0n) is 9.23. The number of benzene rings is 2. The molecule has 1 heteroatoms. The van der Waals surface area contributed by atoms with E-state index in [2.05, 4.69) is 27.8 Å². The molecular formula is C16H11Br. The van der Waals surface area contributed by atoms with Crippen LogP contribution in [0.4, 0.5) is 0 Å². The molecule has 0 aliphatic carbocycles. The fraction of sp³-hybridized carbons (Fsp3) is 0. The molecule has 17 heavy (non-hydrogen) atoms. The van der Waals surface area contributed by atoms with Gasteiger partial charge in [0.2, 0.25) is 0 Å². The molecule has 0 aliphatic heterocycles. The van der Waals surface area contributed by atoms with E-state index in [0.717, 1.165) is 15.6 Å².